The van der Waals surface area contributed by atoms with Crippen molar-refractivity contribution in [2.24, 2.45) is 5.41 Å². The normalized spacial score (nSPS) is 13.4. The minimum Gasteiger partial charge on any atom is -0.496 e. The van der Waals surface area contributed by atoms with Gasteiger partial charge in [-0.25, -0.2) is 0 Å². The summed E-state index contributed by atoms with van der Waals surface area (Å²) >= 11 is 0. The number of furan rings is 1. The molecule has 116 valence electrons. The minimum atomic E-state index is 0.0568. The lowest BCUT2D eigenvalue weighted by Crippen LogP contribution is -2.31. The maximum absolute atomic E-state index is 6.07. The van der Waals surface area contributed by atoms with Gasteiger partial charge in [-0.1, -0.05) is 27.7 Å². The van der Waals surface area contributed by atoms with Crippen LogP contribution in [0.2, 0.25) is 0 Å². The number of benzene rings is 1. The second kappa shape index (κ2) is 5.98. The monoisotopic (exact) mass is 291 g/mol. The standard InChI is InChI=1S/C17H25NO3/c1-7-18-16(17(2,3)4)15-10-12-13(20-6)8-11(19-5)9-14(12)21-15/h8-10,16,18H,7H2,1-6H3. The first-order valence-corrected chi connectivity index (χ1v) is 7.29. The Morgan fingerprint density at radius 3 is 2.38 bits per heavy atom. The summed E-state index contributed by atoms with van der Waals surface area (Å²) in [6.07, 6.45) is 0. The van der Waals surface area contributed by atoms with Gasteiger partial charge >= 0.3 is 0 Å². The van der Waals surface area contributed by atoms with Crippen LogP contribution in [-0.4, -0.2) is 20.8 Å². The Bertz CT molecular complexity index is 610. The summed E-state index contributed by atoms with van der Waals surface area (Å²) in [5.41, 5.74) is 0.842. The highest BCUT2D eigenvalue weighted by atomic mass is 16.5. The van der Waals surface area contributed by atoms with Crippen LogP contribution in [0.1, 0.15) is 39.5 Å². The van der Waals surface area contributed by atoms with E-state index in [1.165, 1.54) is 0 Å². The summed E-state index contributed by atoms with van der Waals surface area (Å²) in [4.78, 5) is 0. The molecular formula is C17H25NO3. The van der Waals surface area contributed by atoms with Crippen LogP contribution in [0, 0.1) is 5.41 Å². The Kier molecular flexibility index (Phi) is 4.47. The van der Waals surface area contributed by atoms with E-state index in [4.69, 9.17) is 13.9 Å². The van der Waals surface area contributed by atoms with E-state index in [9.17, 15) is 0 Å². The summed E-state index contributed by atoms with van der Waals surface area (Å²) in [6, 6.07) is 5.98. The topological polar surface area (TPSA) is 43.6 Å². The second-order valence-electron chi connectivity index (χ2n) is 6.25. The van der Waals surface area contributed by atoms with E-state index in [0.717, 1.165) is 34.8 Å². The van der Waals surface area contributed by atoms with Gasteiger partial charge in [0.2, 0.25) is 0 Å². The first-order chi connectivity index (χ1) is 9.90. The van der Waals surface area contributed by atoms with Crippen LogP contribution in [-0.2, 0) is 0 Å². The summed E-state index contributed by atoms with van der Waals surface area (Å²) in [5.74, 6) is 2.42. The number of fused-ring (bicyclic) bond motifs is 1. The van der Waals surface area contributed by atoms with E-state index in [1.54, 1.807) is 14.2 Å². The van der Waals surface area contributed by atoms with E-state index >= 15 is 0 Å². The summed E-state index contributed by atoms with van der Waals surface area (Å²) in [7, 11) is 3.30. The highest BCUT2D eigenvalue weighted by Crippen LogP contribution is 2.39. The van der Waals surface area contributed by atoms with Crippen molar-refractivity contribution in [1.82, 2.24) is 5.32 Å². The molecule has 0 saturated heterocycles. The lowest BCUT2D eigenvalue weighted by molar-refractivity contribution is 0.244. The van der Waals surface area contributed by atoms with Crippen LogP contribution in [0.15, 0.2) is 22.6 Å². The highest BCUT2D eigenvalue weighted by Gasteiger charge is 2.29. The number of methoxy groups -OCH3 is 2. The Hall–Kier alpha value is -1.68. The molecule has 1 heterocycles. The molecule has 0 saturated carbocycles. The van der Waals surface area contributed by atoms with E-state index in [1.807, 2.05) is 12.1 Å². The van der Waals surface area contributed by atoms with E-state index < -0.39 is 0 Å². The third-order valence-corrected chi connectivity index (χ3v) is 3.61. The Labute approximate surface area is 126 Å². The van der Waals surface area contributed by atoms with Crippen molar-refractivity contribution in [1.29, 1.82) is 0 Å². The predicted octanol–water partition coefficient (Wildman–Crippen LogP) is 4.15. The zero-order chi connectivity index (χ0) is 15.6. The minimum absolute atomic E-state index is 0.0568. The fourth-order valence-electron chi connectivity index (χ4n) is 2.57. The zero-order valence-corrected chi connectivity index (χ0v) is 13.7. The van der Waals surface area contributed by atoms with Crippen molar-refractivity contribution in [3.05, 3.63) is 24.0 Å². The van der Waals surface area contributed by atoms with E-state index in [0.29, 0.717) is 0 Å². The van der Waals surface area contributed by atoms with Crippen molar-refractivity contribution in [3.63, 3.8) is 0 Å². The highest BCUT2D eigenvalue weighted by molar-refractivity contribution is 5.86. The third kappa shape index (κ3) is 3.16. The molecule has 0 spiro atoms. The van der Waals surface area contributed by atoms with Gasteiger partial charge in [0, 0.05) is 12.1 Å². The van der Waals surface area contributed by atoms with Gasteiger partial charge < -0.3 is 19.2 Å². The number of hydrogen-bond donors (Lipinski definition) is 1. The molecule has 1 aromatic carbocycles. The largest absolute Gasteiger partial charge is 0.496 e. The molecule has 1 N–H and O–H groups in total. The van der Waals surface area contributed by atoms with Gasteiger partial charge in [0.1, 0.15) is 22.8 Å². The van der Waals surface area contributed by atoms with Gasteiger partial charge in [0.25, 0.3) is 0 Å². The first-order valence-electron chi connectivity index (χ1n) is 7.29. The molecule has 2 aromatic rings. The average molecular weight is 291 g/mol. The van der Waals surface area contributed by atoms with Crippen LogP contribution in [0.4, 0.5) is 0 Å². The number of ether oxygens (including phenoxy) is 2. The fraction of sp³-hybridized carbons (Fsp3) is 0.529. The maximum Gasteiger partial charge on any atom is 0.141 e. The molecule has 0 bridgehead atoms. The maximum atomic E-state index is 6.07. The molecule has 0 fully saturated rings. The quantitative estimate of drug-likeness (QED) is 0.899. The summed E-state index contributed by atoms with van der Waals surface area (Å²) in [6.45, 7) is 9.59. The lowest BCUT2D eigenvalue weighted by Gasteiger charge is -2.29. The molecule has 1 aromatic heterocycles. The Balaban J connectivity index is 2.55. The number of nitrogens with one attached hydrogen (secondary N) is 1. The smallest absolute Gasteiger partial charge is 0.141 e. The molecule has 0 amide bonds. The van der Waals surface area contributed by atoms with Crippen LogP contribution in [0.25, 0.3) is 11.0 Å². The van der Waals surface area contributed by atoms with E-state index in [-0.39, 0.29) is 11.5 Å². The fourth-order valence-corrected chi connectivity index (χ4v) is 2.57. The summed E-state index contributed by atoms with van der Waals surface area (Å²) < 4.78 is 16.8. The van der Waals surface area contributed by atoms with Crippen molar-refractivity contribution in [2.75, 3.05) is 20.8 Å². The van der Waals surface area contributed by atoms with Crippen LogP contribution < -0.4 is 14.8 Å². The molecule has 4 nitrogen and oxygen atoms in total. The molecule has 1 unspecified atom stereocenters. The predicted molar refractivity (Wildman–Crippen MR) is 85.2 cm³/mol. The molecule has 1 atom stereocenters. The second-order valence-corrected chi connectivity index (χ2v) is 6.25. The molecule has 2 rings (SSSR count). The van der Waals surface area contributed by atoms with Crippen molar-refractivity contribution >= 4 is 11.0 Å². The lowest BCUT2D eigenvalue weighted by atomic mass is 9.85. The SMILES string of the molecule is CCNC(c1cc2c(OC)cc(OC)cc2o1)C(C)(C)C. The van der Waals surface area contributed by atoms with Crippen LogP contribution in [0.5, 0.6) is 11.5 Å². The molecular weight excluding hydrogens is 266 g/mol. The van der Waals surface area contributed by atoms with Crippen molar-refractivity contribution < 1.29 is 13.9 Å². The molecule has 0 aliphatic rings. The Morgan fingerprint density at radius 2 is 1.86 bits per heavy atom. The van der Waals surface area contributed by atoms with Gasteiger partial charge in [-0.15, -0.1) is 0 Å². The number of hydrogen-bond acceptors (Lipinski definition) is 4. The van der Waals surface area contributed by atoms with Gasteiger partial charge in [0.05, 0.1) is 25.6 Å². The third-order valence-electron chi connectivity index (χ3n) is 3.61. The average Bonchev–Trinajstić information content (AvgIpc) is 2.85. The van der Waals surface area contributed by atoms with Crippen LogP contribution in [0.3, 0.4) is 0 Å². The van der Waals surface area contributed by atoms with Gasteiger partial charge in [-0.3, -0.25) is 0 Å². The first kappa shape index (κ1) is 15.7. The Morgan fingerprint density at radius 1 is 1.14 bits per heavy atom. The molecule has 4 heteroatoms. The van der Waals surface area contributed by atoms with Gasteiger partial charge in [0.15, 0.2) is 0 Å². The molecule has 21 heavy (non-hydrogen) atoms. The van der Waals surface area contributed by atoms with E-state index in [2.05, 4.69) is 39.1 Å². The molecule has 0 radical (unpaired) electrons. The van der Waals surface area contributed by atoms with Gasteiger partial charge in [-0.2, -0.15) is 0 Å². The van der Waals surface area contributed by atoms with Crippen molar-refractivity contribution in [2.45, 2.75) is 33.7 Å². The molecule has 0 aliphatic heterocycles. The zero-order valence-electron chi connectivity index (χ0n) is 13.7. The molecule has 0 aliphatic carbocycles. The van der Waals surface area contributed by atoms with Crippen LogP contribution >= 0.6 is 0 Å². The van der Waals surface area contributed by atoms with Crippen molar-refractivity contribution in [3.8, 4) is 11.5 Å². The van der Waals surface area contributed by atoms with Gasteiger partial charge in [-0.05, 0) is 18.0 Å². The summed E-state index contributed by atoms with van der Waals surface area (Å²) in [5, 5.41) is 4.47. The number of rotatable bonds is 5.